The van der Waals surface area contributed by atoms with E-state index in [1.807, 2.05) is 6.20 Å². The molecule has 2 heterocycles. The third-order valence-electron chi connectivity index (χ3n) is 4.78. The maximum Gasteiger partial charge on any atom is 0.138 e. The molecule has 4 rings (SSSR count). The van der Waals surface area contributed by atoms with E-state index in [1.165, 1.54) is 29.2 Å². The number of pyridine rings is 1. The Morgan fingerprint density at radius 3 is 2.75 bits per heavy atom. The molecule has 1 aromatic heterocycles. The number of ether oxygens (including phenoxy) is 1. The van der Waals surface area contributed by atoms with Gasteiger partial charge in [-0.3, -0.25) is 4.98 Å². The Morgan fingerprint density at radius 1 is 1.04 bits per heavy atom. The first-order valence-electron chi connectivity index (χ1n) is 8.64. The van der Waals surface area contributed by atoms with Crippen molar-refractivity contribution in [2.45, 2.75) is 31.9 Å². The molecule has 0 saturated carbocycles. The highest BCUT2D eigenvalue weighted by Crippen LogP contribution is 2.27. The first-order valence-corrected chi connectivity index (χ1v) is 8.64. The lowest BCUT2D eigenvalue weighted by atomic mass is 10.0. The van der Waals surface area contributed by atoms with Crippen molar-refractivity contribution < 1.29 is 4.74 Å². The van der Waals surface area contributed by atoms with E-state index in [0.29, 0.717) is 6.04 Å². The van der Waals surface area contributed by atoms with E-state index in [4.69, 9.17) is 4.74 Å². The van der Waals surface area contributed by atoms with E-state index < -0.39 is 0 Å². The minimum absolute atomic E-state index is 0.154. The number of aromatic nitrogens is 1. The molecule has 1 fully saturated rings. The predicted molar refractivity (Wildman–Crippen MR) is 98.3 cm³/mol. The van der Waals surface area contributed by atoms with Gasteiger partial charge in [0.05, 0.1) is 6.20 Å². The molecule has 3 aromatic rings. The maximum atomic E-state index is 6.12. The molecule has 1 saturated heterocycles. The number of benzene rings is 2. The SMILES string of the molecule is CC(Oc1cncc(-c2ccc3ccccc3c2)c1)[C@@H]1CCCN1. The second kappa shape index (κ2) is 6.62. The van der Waals surface area contributed by atoms with Crippen LogP contribution in [0.3, 0.4) is 0 Å². The van der Waals surface area contributed by atoms with Gasteiger partial charge in [0.1, 0.15) is 11.9 Å². The van der Waals surface area contributed by atoms with Gasteiger partial charge in [0.2, 0.25) is 0 Å². The normalized spacial score (nSPS) is 18.6. The molecule has 0 amide bonds. The van der Waals surface area contributed by atoms with Crippen molar-refractivity contribution in [3.05, 3.63) is 60.9 Å². The van der Waals surface area contributed by atoms with Gasteiger partial charge in [0.25, 0.3) is 0 Å². The minimum Gasteiger partial charge on any atom is -0.487 e. The molecule has 3 nitrogen and oxygen atoms in total. The average Bonchev–Trinajstić information content (AvgIpc) is 3.16. The van der Waals surface area contributed by atoms with Crippen molar-refractivity contribution in [3.63, 3.8) is 0 Å². The van der Waals surface area contributed by atoms with E-state index in [-0.39, 0.29) is 6.10 Å². The van der Waals surface area contributed by atoms with Crippen molar-refractivity contribution >= 4 is 10.8 Å². The van der Waals surface area contributed by atoms with Crippen molar-refractivity contribution in [1.29, 1.82) is 0 Å². The summed E-state index contributed by atoms with van der Waals surface area (Å²) in [7, 11) is 0. The molecule has 0 radical (unpaired) electrons. The van der Waals surface area contributed by atoms with Crippen LogP contribution in [-0.4, -0.2) is 23.7 Å². The third-order valence-corrected chi connectivity index (χ3v) is 4.78. The van der Waals surface area contributed by atoms with Gasteiger partial charge in [-0.15, -0.1) is 0 Å². The van der Waals surface area contributed by atoms with Crippen LogP contribution in [0.4, 0.5) is 0 Å². The lowest BCUT2D eigenvalue weighted by Crippen LogP contribution is -2.36. The van der Waals surface area contributed by atoms with Crippen LogP contribution < -0.4 is 10.1 Å². The summed E-state index contributed by atoms with van der Waals surface area (Å²) in [5, 5.41) is 5.99. The van der Waals surface area contributed by atoms with E-state index in [1.54, 1.807) is 6.20 Å². The maximum absolute atomic E-state index is 6.12. The van der Waals surface area contributed by atoms with Gasteiger partial charge < -0.3 is 10.1 Å². The lowest BCUT2D eigenvalue weighted by molar-refractivity contribution is 0.179. The number of fused-ring (bicyclic) bond motifs is 1. The van der Waals surface area contributed by atoms with Crippen LogP contribution in [0.1, 0.15) is 19.8 Å². The fourth-order valence-electron chi connectivity index (χ4n) is 3.42. The lowest BCUT2D eigenvalue weighted by Gasteiger charge is -2.21. The summed E-state index contributed by atoms with van der Waals surface area (Å²) in [6.07, 6.45) is 6.26. The van der Waals surface area contributed by atoms with Gasteiger partial charge in [-0.1, -0.05) is 36.4 Å². The molecule has 0 aliphatic carbocycles. The van der Waals surface area contributed by atoms with Crippen LogP contribution >= 0.6 is 0 Å². The molecule has 1 aliphatic rings. The Balaban J connectivity index is 1.58. The van der Waals surface area contributed by atoms with E-state index in [2.05, 4.69) is 65.8 Å². The van der Waals surface area contributed by atoms with Crippen LogP contribution in [0.15, 0.2) is 60.9 Å². The van der Waals surface area contributed by atoms with Gasteiger partial charge >= 0.3 is 0 Å². The summed E-state index contributed by atoms with van der Waals surface area (Å²) >= 11 is 0. The largest absolute Gasteiger partial charge is 0.487 e. The summed E-state index contributed by atoms with van der Waals surface area (Å²) in [5.41, 5.74) is 2.25. The standard InChI is InChI=1S/C21H22N2O/c1-15(21-7-4-10-23-21)24-20-12-19(13-22-14-20)18-9-8-16-5-2-3-6-17(16)11-18/h2-3,5-6,8-9,11-15,21,23H,4,7,10H2,1H3/t15?,21-/m0/s1. The summed E-state index contributed by atoms with van der Waals surface area (Å²) in [6, 6.07) is 17.4. The highest BCUT2D eigenvalue weighted by molar-refractivity contribution is 5.87. The smallest absolute Gasteiger partial charge is 0.138 e. The highest BCUT2D eigenvalue weighted by Gasteiger charge is 2.22. The molecule has 2 aromatic carbocycles. The molecule has 122 valence electrons. The molecular weight excluding hydrogens is 296 g/mol. The third kappa shape index (κ3) is 3.13. The first-order chi connectivity index (χ1) is 11.8. The van der Waals surface area contributed by atoms with Gasteiger partial charge in [0, 0.05) is 17.8 Å². The Kier molecular flexibility index (Phi) is 4.18. The number of nitrogens with zero attached hydrogens (tertiary/aromatic N) is 1. The number of rotatable bonds is 4. The molecule has 3 heteroatoms. The summed E-state index contributed by atoms with van der Waals surface area (Å²) < 4.78 is 6.12. The predicted octanol–water partition coefficient (Wildman–Crippen LogP) is 4.42. The molecule has 1 unspecified atom stereocenters. The van der Waals surface area contributed by atoms with Crippen molar-refractivity contribution in [1.82, 2.24) is 10.3 Å². The van der Waals surface area contributed by atoms with Gasteiger partial charge in [-0.2, -0.15) is 0 Å². The molecule has 2 atom stereocenters. The Hall–Kier alpha value is -2.39. The topological polar surface area (TPSA) is 34.1 Å². The van der Waals surface area contributed by atoms with Crippen molar-refractivity contribution in [3.8, 4) is 16.9 Å². The molecular formula is C21H22N2O. The van der Waals surface area contributed by atoms with E-state index in [9.17, 15) is 0 Å². The molecule has 1 aliphatic heterocycles. The zero-order valence-electron chi connectivity index (χ0n) is 13.9. The molecule has 1 N–H and O–H groups in total. The molecule has 0 bridgehead atoms. The fraction of sp³-hybridized carbons (Fsp3) is 0.286. The highest BCUT2D eigenvalue weighted by atomic mass is 16.5. The Morgan fingerprint density at radius 2 is 1.92 bits per heavy atom. The van der Waals surface area contributed by atoms with Crippen LogP contribution in [0.2, 0.25) is 0 Å². The number of nitrogens with one attached hydrogen (secondary N) is 1. The van der Waals surface area contributed by atoms with Crippen LogP contribution in [0.25, 0.3) is 21.9 Å². The Bertz CT molecular complexity index is 840. The monoisotopic (exact) mass is 318 g/mol. The summed E-state index contributed by atoms with van der Waals surface area (Å²) in [6.45, 7) is 3.22. The summed E-state index contributed by atoms with van der Waals surface area (Å²) in [4.78, 5) is 4.38. The van der Waals surface area contributed by atoms with Crippen LogP contribution in [0.5, 0.6) is 5.75 Å². The van der Waals surface area contributed by atoms with E-state index in [0.717, 1.165) is 17.9 Å². The average molecular weight is 318 g/mol. The quantitative estimate of drug-likeness (QED) is 0.773. The van der Waals surface area contributed by atoms with Gasteiger partial charge in [-0.25, -0.2) is 0 Å². The number of hydrogen-bond acceptors (Lipinski definition) is 3. The second-order valence-electron chi connectivity index (χ2n) is 6.50. The summed E-state index contributed by atoms with van der Waals surface area (Å²) in [5.74, 6) is 0.835. The van der Waals surface area contributed by atoms with Gasteiger partial charge in [-0.05, 0) is 54.8 Å². The zero-order valence-corrected chi connectivity index (χ0v) is 13.9. The molecule has 0 spiro atoms. The first kappa shape index (κ1) is 15.2. The van der Waals surface area contributed by atoms with Crippen LogP contribution in [0, 0.1) is 0 Å². The Labute approximate surface area is 142 Å². The fourth-order valence-corrected chi connectivity index (χ4v) is 3.42. The van der Waals surface area contributed by atoms with Crippen molar-refractivity contribution in [2.24, 2.45) is 0 Å². The molecule has 24 heavy (non-hydrogen) atoms. The number of hydrogen-bond donors (Lipinski definition) is 1. The zero-order chi connectivity index (χ0) is 16.4. The van der Waals surface area contributed by atoms with E-state index >= 15 is 0 Å². The minimum atomic E-state index is 0.154. The second-order valence-corrected chi connectivity index (χ2v) is 6.50. The van der Waals surface area contributed by atoms with Crippen LogP contribution in [-0.2, 0) is 0 Å². The van der Waals surface area contributed by atoms with Crippen molar-refractivity contribution in [2.75, 3.05) is 6.54 Å². The van der Waals surface area contributed by atoms with Gasteiger partial charge in [0.15, 0.2) is 0 Å².